The summed E-state index contributed by atoms with van der Waals surface area (Å²) >= 11 is 17.9. The molecule has 0 saturated heterocycles. The molecule has 0 fully saturated rings. The third-order valence-electron chi connectivity index (χ3n) is 3.25. The molecule has 0 bridgehead atoms. The molecular formula is C17H13Cl3N2O3. The van der Waals surface area contributed by atoms with Gasteiger partial charge in [0.25, 0.3) is 5.91 Å². The Morgan fingerprint density at radius 3 is 2.24 bits per heavy atom. The summed E-state index contributed by atoms with van der Waals surface area (Å²) < 4.78 is 0. The zero-order chi connectivity index (χ0) is 18.4. The zero-order valence-corrected chi connectivity index (χ0v) is 15.1. The summed E-state index contributed by atoms with van der Waals surface area (Å²) in [6.45, 7) is 0. The van der Waals surface area contributed by atoms with Gasteiger partial charge < -0.3 is 5.11 Å². The lowest BCUT2D eigenvalue weighted by atomic mass is 10.1. The SMILES string of the molecule is O=C(O)CC/C(=N/NC(=O)c1c(Cl)ccc(Cl)c1Cl)c1ccccc1. The molecule has 2 rings (SSSR count). The van der Waals surface area contributed by atoms with Gasteiger partial charge in [-0.25, -0.2) is 5.43 Å². The largest absolute Gasteiger partial charge is 0.481 e. The summed E-state index contributed by atoms with van der Waals surface area (Å²) in [6, 6.07) is 11.9. The van der Waals surface area contributed by atoms with Crippen molar-refractivity contribution in [3.63, 3.8) is 0 Å². The van der Waals surface area contributed by atoms with Crippen molar-refractivity contribution in [2.45, 2.75) is 12.8 Å². The van der Waals surface area contributed by atoms with Crippen LogP contribution in [-0.2, 0) is 4.79 Å². The predicted octanol–water partition coefficient (Wildman–Crippen LogP) is 4.65. The van der Waals surface area contributed by atoms with E-state index in [9.17, 15) is 9.59 Å². The van der Waals surface area contributed by atoms with Gasteiger partial charge in [0.05, 0.1) is 32.8 Å². The number of hydrogen-bond donors (Lipinski definition) is 2. The number of carboxylic acid groups (broad SMARTS) is 1. The van der Waals surface area contributed by atoms with Crippen LogP contribution in [0.15, 0.2) is 47.6 Å². The maximum atomic E-state index is 12.4. The Balaban J connectivity index is 2.27. The number of rotatable bonds is 6. The van der Waals surface area contributed by atoms with Gasteiger partial charge in [0, 0.05) is 6.42 Å². The van der Waals surface area contributed by atoms with Crippen LogP contribution in [0.5, 0.6) is 0 Å². The van der Waals surface area contributed by atoms with Gasteiger partial charge in [0.1, 0.15) is 0 Å². The minimum absolute atomic E-state index is 0.00484. The summed E-state index contributed by atoms with van der Waals surface area (Å²) in [5, 5.41) is 13.3. The molecule has 25 heavy (non-hydrogen) atoms. The van der Waals surface area contributed by atoms with Crippen LogP contribution < -0.4 is 5.43 Å². The maximum Gasteiger partial charge on any atom is 0.303 e. The number of hydrazone groups is 1. The fraction of sp³-hybridized carbons (Fsp3) is 0.118. The van der Waals surface area contributed by atoms with Crippen LogP contribution in [0.1, 0.15) is 28.8 Å². The van der Waals surface area contributed by atoms with Crippen molar-refractivity contribution in [1.82, 2.24) is 5.43 Å². The van der Waals surface area contributed by atoms with Gasteiger partial charge in [-0.05, 0) is 17.7 Å². The number of carbonyl (C=O) groups is 2. The average Bonchev–Trinajstić information content (AvgIpc) is 2.59. The minimum atomic E-state index is -0.962. The van der Waals surface area contributed by atoms with E-state index in [1.54, 1.807) is 24.3 Å². The van der Waals surface area contributed by atoms with Crippen molar-refractivity contribution in [1.29, 1.82) is 0 Å². The van der Waals surface area contributed by atoms with E-state index in [0.717, 1.165) is 0 Å². The molecule has 0 heterocycles. The molecule has 2 aromatic rings. The van der Waals surface area contributed by atoms with E-state index in [1.807, 2.05) is 6.07 Å². The first-order chi connectivity index (χ1) is 11.9. The standard InChI is InChI=1S/C17H13Cl3N2O3/c18-11-6-7-12(19)16(20)15(11)17(25)22-21-13(8-9-14(23)24)10-4-2-1-3-5-10/h1-7H,8-9H2,(H,22,25)(H,23,24)/b21-13-. The molecule has 0 aromatic heterocycles. The molecule has 0 aliphatic rings. The number of nitrogens with zero attached hydrogens (tertiary/aromatic N) is 1. The molecule has 0 spiro atoms. The van der Waals surface area contributed by atoms with Crippen molar-refractivity contribution in [2.24, 2.45) is 5.10 Å². The maximum absolute atomic E-state index is 12.4. The molecule has 2 aromatic carbocycles. The Morgan fingerprint density at radius 1 is 0.960 bits per heavy atom. The van der Waals surface area contributed by atoms with Crippen LogP contribution in [0.25, 0.3) is 0 Å². The van der Waals surface area contributed by atoms with E-state index in [-0.39, 0.29) is 33.5 Å². The van der Waals surface area contributed by atoms with E-state index in [4.69, 9.17) is 39.9 Å². The van der Waals surface area contributed by atoms with Crippen molar-refractivity contribution in [3.05, 3.63) is 68.7 Å². The van der Waals surface area contributed by atoms with Crippen LogP contribution in [-0.4, -0.2) is 22.7 Å². The van der Waals surface area contributed by atoms with Gasteiger partial charge in [-0.1, -0.05) is 65.1 Å². The summed E-state index contributed by atoms with van der Waals surface area (Å²) in [4.78, 5) is 23.2. The molecule has 0 aliphatic heterocycles. The second kappa shape index (κ2) is 8.85. The number of halogens is 3. The van der Waals surface area contributed by atoms with Crippen LogP contribution in [0.3, 0.4) is 0 Å². The van der Waals surface area contributed by atoms with Crippen LogP contribution in [0.4, 0.5) is 0 Å². The van der Waals surface area contributed by atoms with Crippen LogP contribution >= 0.6 is 34.8 Å². The molecule has 0 aliphatic carbocycles. The van der Waals surface area contributed by atoms with Gasteiger partial charge in [-0.15, -0.1) is 0 Å². The molecule has 1 amide bonds. The Bertz CT molecular complexity index is 823. The number of amides is 1. The molecule has 5 nitrogen and oxygen atoms in total. The second-order valence-corrected chi connectivity index (χ2v) is 6.17. The molecule has 2 N–H and O–H groups in total. The number of nitrogens with one attached hydrogen (secondary N) is 1. The highest BCUT2D eigenvalue weighted by Crippen LogP contribution is 2.31. The summed E-state index contributed by atoms with van der Waals surface area (Å²) in [6.07, 6.45) is 0.0267. The minimum Gasteiger partial charge on any atom is -0.481 e. The normalized spacial score (nSPS) is 11.2. The zero-order valence-electron chi connectivity index (χ0n) is 12.8. The molecule has 0 radical (unpaired) electrons. The summed E-state index contributed by atoms with van der Waals surface area (Å²) in [5.41, 5.74) is 3.49. The van der Waals surface area contributed by atoms with Gasteiger partial charge in [-0.3, -0.25) is 9.59 Å². The topological polar surface area (TPSA) is 78.8 Å². The van der Waals surface area contributed by atoms with Crippen molar-refractivity contribution in [2.75, 3.05) is 0 Å². The van der Waals surface area contributed by atoms with Gasteiger partial charge >= 0.3 is 5.97 Å². The number of carbonyl (C=O) groups excluding carboxylic acids is 1. The van der Waals surface area contributed by atoms with E-state index >= 15 is 0 Å². The molecule has 0 saturated carbocycles. The highest BCUT2D eigenvalue weighted by Gasteiger charge is 2.17. The summed E-state index contributed by atoms with van der Waals surface area (Å²) in [5.74, 6) is -1.60. The Morgan fingerprint density at radius 2 is 1.60 bits per heavy atom. The molecule has 8 heteroatoms. The first-order valence-electron chi connectivity index (χ1n) is 7.17. The number of hydrogen-bond acceptors (Lipinski definition) is 3. The average molecular weight is 400 g/mol. The molecule has 0 atom stereocenters. The van der Waals surface area contributed by atoms with Gasteiger partial charge in [-0.2, -0.15) is 5.10 Å². The third kappa shape index (κ3) is 5.19. The van der Waals surface area contributed by atoms with Crippen LogP contribution in [0.2, 0.25) is 15.1 Å². The van der Waals surface area contributed by atoms with Gasteiger partial charge in [0.15, 0.2) is 0 Å². The number of benzene rings is 2. The van der Waals surface area contributed by atoms with Crippen molar-refractivity contribution < 1.29 is 14.7 Å². The second-order valence-electron chi connectivity index (χ2n) is 4.98. The highest BCUT2D eigenvalue weighted by atomic mass is 35.5. The first kappa shape index (κ1) is 19.2. The predicted molar refractivity (Wildman–Crippen MR) is 98.8 cm³/mol. The van der Waals surface area contributed by atoms with E-state index < -0.39 is 11.9 Å². The fourth-order valence-corrected chi connectivity index (χ4v) is 2.73. The third-order valence-corrected chi connectivity index (χ3v) is 4.37. The van der Waals surface area contributed by atoms with Crippen molar-refractivity contribution in [3.8, 4) is 0 Å². The Hall–Kier alpha value is -2.08. The fourth-order valence-electron chi connectivity index (χ4n) is 2.03. The lowest BCUT2D eigenvalue weighted by Gasteiger charge is -2.09. The highest BCUT2D eigenvalue weighted by molar-refractivity contribution is 6.46. The first-order valence-corrected chi connectivity index (χ1v) is 8.31. The van der Waals surface area contributed by atoms with Crippen LogP contribution in [0, 0.1) is 0 Å². The smallest absolute Gasteiger partial charge is 0.303 e. The van der Waals surface area contributed by atoms with E-state index in [2.05, 4.69) is 10.5 Å². The number of aliphatic carboxylic acids is 1. The van der Waals surface area contributed by atoms with Crippen molar-refractivity contribution >= 4 is 52.4 Å². The van der Waals surface area contributed by atoms with Gasteiger partial charge in [0.2, 0.25) is 0 Å². The Kier molecular flexibility index (Phi) is 6.82. The Labute approximate surface area is 159 Å². The lowest BCUT2D eigenvalue weighted by Crippen LogP contribution is -2.21. The van der Waals surface area contributed by atoms with E-state index in [0.29, 0.717) is 11.3 Å². The molecule has 0 unspecified atom stereocenters. The van der Waals surface area contributed by atoms with E-state index in [1.165, 1.54) is 12.1 Å². The molecule has 130 valence electrons. The number of carboxylic acids is 1. The lowest BCUT2D eigenvalue weighted by molar-refractivity contribution is -0.136. The quantitative estimate of drug-likeness (QED) is 0.422. The monoisotopic (exact) mass is 398 g/mol. The molecular weight excluding hydrogens is 387 g/mol. The summed E-state index contributed by atoms with van der Waals surface area (Å²) in [7, 11) is 0.